The lowest BCUT2D eigenvalue weighted by Gasteiger charge is -2.28. The summed E-state index contributed by atoms with van der Waals surface area (Å²) in [6.07, 6.45) is 0.869. The van der Waals surface area contributed by atoms with Crippen LogP contribution in [0.3, 0.4) is 0 Å². The van der Waals surface area contributed by atoms with Crippen molar-refractivity contribution in [2.24, 2.45) is 0 Å². The van der Waals surface area contributed by atoms with Gasteiger partial charge in [-0.15, -0.1) is 10.2 Å². The third-order valence-electron chi connectivity index (χ3n) is 4.58. The Morgan fingerprint density at radius 1 is 1.11 bits per heavy atom. The molecule has 0 bridgehead atoms. The number of nitrogens with zero attached hydrogens (tertiary/aromatic N) is 4. The Labute approximate surface area is 160 Å². The summed E-state index contributed by atoms with van der Waals surface area (Å²) >= 11 is 1.25. The minimum absolute atomic E-state index is 0.0424. The van der Waals surface area contributed by atoms with Gasteiger partial charge in [0.1, 0.15) is 5.82 Å². The third-order valence-corrected chi connectivity index (χ3v) is 5.50. The van der Waals surface area contributed by atoms with Crippen LogP contribution < -0.4 is 5.84 Å². The van der Waals surface area contributed by atoms with E-state index in [0.29, 0.717) is 29.6 Å². The molecule has 2 heterocycles. The zero-order valence-electron chi connectivity index (χ0n) is 14.5. The number of nitrogen functional groups attached to an aromatic ring is 1. The van der Waals surface area contributed by atoms with Gasteiger partial charge >= 0.3 is 0 Å². The molecule has 1 aliphatic heterocycles. The first-order chi connectivity index (χ1) is 13.1. The van der Waals surface area contributed by atoms with Crippen LogP contribution in [0.4, 0.5) is 4.39 Å². The van der Waals surface area contributed by atoms with Gasteiger partial charge in [0.15, 0.2) is 5.82 Å². The van der Waals surface area contributed by atoms with Gasteiger partial charge in [0.25, 0.3) is 0 Å². The first-order valence-electron chi connectivity index (χ1n) is 8.55. The summed E-state index contributed by atoms with van der Waals surface area (Å²) in [6.45, 7) is 1.35. The van der Waals surface area contributed by atoms with Crippen LogP contribution in [-0.2, 0) is 17.8 Å². The standard InChI is InChI=1S/C19H18FN5OS/c20-16-7-5-14(6-8-16)18-22-23-19(25(18)21)27-12-17(26)24-10-9-13-3-1-2-4-15(13)11-24/h1-8H,9-12,21H2. The summed E-state index contributed by atoms with van der Waals surface area (Å²) in [7, 11) is 0. The third kappa shape index (κ3) is 3.66. The van der Waals surface area contributed by atoms with Crippen molar-refractivity contribution in [1.29, 1.82) is 0 Å². The average molecular weight is 383 g/mol. The Morgan fingerprint density at radius 3 is 2.63 bits per heavy atom. The van der Waals surface area contributed by atoms with Crippen LogP contribution in [0.5, 0.6) is 0 Å². The van der Waals surface area contributed by atoms with Gasteiger partial charge in [-0.25, -0.2) is 9.07 Å². The fraction of sp³-hybridized carbons (Fsp3) is 0.211. The number of hydrogen-bond acceptors (Lipinski definition) is 5. The van der Waals surface area contributed by atoms with E-state index in [1.807, 2.05) is 17.0 Å². The van der Waals surface area contributed by atoms with Gasteiger partial charge in [-0.3, -0.25) is 4.79 Å². The Kier molecular flexibility index (Phi) is 4.81. The smallest absolute Gasteiger partial charge is 0.233 e. The topological polar surface area (TPSA) is 77.0 Å². The highest BCUT2D eigenvalue weighted by Crippen LogP contribution is 2.23. The molecule has 0 fully saturated rings. The van der Waals surface area contributed by atoms with E-state index in [0.717, 1.165) is 6.42 Å². The van der Waals surface area contributed by atoms with Crippen molar-refractivity contribution in [1.82, 2.24) is 19.8 Å². The molecule has 2 N–H and O–H groups in total. The van der Waals surface area contributed by atoms with Crippen molar-refractivity contribution in [2.45, 2.75) is 18.1 Å². The molecule has 2 aromatic carbocycles. The van der Waals surface area contributed by atoms with Crippen molar-refractivity contribution >= 4 is 17.7 Å². The Bertz CT molecular complexity index is 972. The van der Waals surface area contributed by atoms with E-state index in [9.17, 15) is 9.18 Å². The van der Waals surface area contributed by atoms with Crippen LogP contribution in [0.15, 0.2) is 53.7 Å². The van der Waals surface area contributed by atoms with E-state index in [1.165, 1.54) is 39.7 Å². The van der Waals surface area contributed by atoms with E-state index in [2.05, 4.69) is 22.3 Å². The zero-order valence-corrected chi connectivity index (χ0v) is 15.3. The Morgan fingerprint density at radius 2 is 1.85 bits per heavy atom. The number of thioether (sulfide) groups is 1. The molecule has 0 radical (unpaired) electrons. The number of nitrogens with two attached hydrogens (primary N) is 1. The molecule has 8 heteroatoms. The molecule has 1 aliphatic rings. The summed E-state index contributed by atoms with van der Waals surface area (Å²) in [4.78, 5) is 14.4. The van der Waals surface area contributed by atoms with Crippen molar-refractivity contribution in [3.05, 3.63) is 65.5 Å². The second-order valence-electron chi connectivity index (χ2n) is 6.31. The average Bonchev–Trinajstić information content (AvgIpc) is 3.07. The Balaban J connectivity index is 1.41. The molecular formula is C19H18FN5OS. The van der Waals surface area contributed by atoms with Crippen LogP contribution >= 0.6 is 11.8 Å². The van der Waals surface area contributed by atoms with Gasteiger partial charge in [0.05, 0.1) is 5.75 Å². The van der Waals surface area contributed by atoms with Gasteiger partial charge < -0.3 is 10.7 Å². The zero-order chi connectivity index (χ0) is 18.8. The lowest BCUT2D eigenvalue weighted by Crippen LogP contribution is -2.37. The van der Waals surface area contributed by atoms with Gasteiger partial charge in [-0.05, 0) is 41.8 Å². The lowest BCUT2D eigenvalue weighted by molar-refractivity contribution is -0.129. The number of carbonyl (C=O) groups is 1. The van der Waals surface area contributed by atoms with Crippen LogP contribution in [0, 0.1) is 5.82 Å². The van der Waals surface area contributed by atoms with Crippen molar-refractivity contribution in [2.75, 3.05) is 18.1 Å². The molecule has 4 rings (SSSR count). The van der Waals surface area contributed by atoms with Crippen LogP contribution in [-0.4, -0.2) is 38.0 Å². The maximum atomic E-state index is 13.1. The second kappa shape index (κ2) is 7.40. The molecule has 6 nitrogen and oxygen atoms in total. The number of carbonyl (C=O) groups excluding carboxylic acids is 1. The first kappa shape index (κ1) is 17.5. The summed E-state index contributed by atoms with van der Waals surface area (Å²) in [5, 5.41) is 8.55. The molecular weight excluding hydrogens is 365 g/mol. The van der Waals surface area contributed by atoms with Crippen LogP contribution in [0.25, 0.3) is 11.4 Å². The maximum Gasteiger partial charge on any atom is 0.233 e. The monoisotopic (exact) mass is 383 g/mol. The minimum Gasteiger partial charge on any atom is -0.337 e. The Hall–Kier alpha value is -2.87. The van der Waals surface area contributed by atoms with Crippen LogP contribution in [0.2, 0.25) is 0 Å². The quantitative estimate of drug-likeness (QED) is 0.553. The molecule has 3 aromatic rings. The van der Waals surface area contributed by atoms with E-state index in [1.54, 1.807) is 12.1 Å². The van der Waals surface area contributed by atoms with E-state index >= 15 is 0 Å². The number of amides is 1. The number of aromatic nitrogens is 3. The number of benzene rings is 2. The summed E-state index contributed by atoms with van der Waals surface area (Å²) in [5.41, 5.74) is 3.17. The summed E-state index contributed by atoms with van der Waals surface area (Å²) in [5.74, 6) is 6.43. The number of fused-ring (bicyclic) bond motifs is 1. The van der Waals surface area contributed by atoms with E-state index in [4.69, 9.17) is 5.84 Å². The maximum absolute atomic E-state index is 13.1. The number of halogens is 1. The molecule has 138 valence electrons. The molecule has 1 aromatic heterocycles. The molecule has 27 heavy (non-hydrogen) atoms. The van der Waals surface area contributed by atoms with Crippen LogP contribution in [0.1, 0.15) is 11.1 Å². The lowest BCUT2D eigenvalue weighted by atomic mass is 10.00. The molecule has 1 amide bonds. The van der Waals surface area contributed by atoms with Gasteiger partial charge in [-0.2, -0.15) is 0 Å². The van der Waals surface area contributed by atoms with E-state index < -0.39 is 0 Å². The minimum atomic E-state index is -0.329. The number of hydrogen-bond donors (Lipinski definition) is 1. The van der Waals surface area contributed by atoms with Crippen molar-refractivity contribution in [3.63, 3.8) is 0 Å². The predicted octanol–water partition coefficient (Wildman–Crippen LogP) is 2.48. The largest absolute Gasteiger partial charge is 0.337 e. The first-order valence-corrected chi connectivity index (χ1v) is 9.54. The normalized spacial score (nSPS) is 13.4. The molecule has 0 aliphatic carbocycles. The fourth-order valence-corrected chi connectivity index (χ4v) is 3.86. The molecule has 0 saturated heterocycles. The predicted molar refractivity (Wildman–Crippen MR) is 102 cm³/mol. The summed E-state index contributed by atoms with van der Waals surface area (Å²) < 4.78 is 14.4. The fourth-order valence-electron chi connectivity index (χ4n) is 3.10. The second-order valence-corrected chi connectivity index (χ2v) is 7.25. The highest BCUT2D eigenvalue weighted by molar-refractivity contribution is 7.99. The molecule has 0 unspecified atom stereocenters. The highest BCUT2D eigenvalue weighted by Gasteiger charge is 2.21. The molecule has 0 atom stereocenters. The molecule has 0 spiro atoms. The van der Waals surface area contributed by atoms with E-state index in [-0.39, 0.29) is 17.5 Å². The van der Waals surface area contributed by atoms with Crippen molar-refractivity contribution in [3.8, 4) is 11.4 Å². The molecule has 0 saturated carbocycles. The van der Waals surface area contributed by atoms with Gasteiger partial charge in [0.2, 0.25) is 11.1 Å². The summed E-state index contributed by atoms with van der Waals surface area (Å²) in [6, 6.07) is 14.1. The highest BCUT2D eigenvalue weighted by atomic mass is 32.2. The van der Waals surface area contributed by atoms with Gasteiger partial charge in [-0.1, -0.05) is 36.0 Å². The van der Waals surface area contributed by atoms with Crippen molar-refractivity contribution < 1.29 is 9.18 Å². The number of rotatable bonds is 4. The SMILES string of the molecule is Nn1c(SCC(=O)N2CCc3ccccc3C2)nnc1-c1ccc(F)cc1. The van der Waals surface area contributed by atoms with Gasteiger partial charge in [0, 0.05) is 18.7 Å².